The molecular formula is C17H28BrNO. The fourth-order valence-corrected chi connectivity index (χ4v) is 3.05. The minimum atomic E-state index is 0.682. The third kappa shape index (κ3) is 6.27. The number of halogens is 1. The van der Waals surface area contributed by atoms with E-state index in [4.69, 9.17) is 4.74 Å². The van der Waals surface area contributed by atoms with E-state index in [9.17, 15) is 0 Å². The molecule has 0 amide bonds. The molecule has 0 aliphatic rings. The highest BCUT2D eigenvalue weighted by Crippen LogP contribution is 2.26. The minimum Gasteiger partial charge on any atom is -0.496 e. The van der Waals surface area contributed by atoms with Crippen LogP contribution in [0, 0.1) is 0 Å². The van der Waals surface area contributed by atoms with E-state index in [1.54, 1.807) is 7.11 Å². The van der Waals surface area contributed by atoms with E-state index in [2.05, 4.69) is 47.2 Å². The number of nitrogens with one attached hydrogen (secondary N) is 1. The highest BCUT2D eigenvalue weighted by atomic mass is 79.9. The molecule has 0 heterocycles. The highest BCUT2D eigenvalue weighted by molar-refractivity contribution is 9.10. The SMILES string of the molecule is CCCNC(CCC)CCCc1ccc(OC)c(Br)c1. The molecule has 1 atom stereocenters. The van der Waals surface area contributed by atoms with Crippen LogP contribution in [0.2, 0.25) is 0 Å². The Bertz CT molecular complexity index is 381. The van der Waals surface area contributed by atoms with E-state index < -0.39 is 0 Å². The van der Waals surface area contributed by atoms with Gasteiger partial charge in [0.25, 0.3) is 0 Å². The summed E-state index contributed by atoms with van der Waals surface area (Å²) in [6, 6.07) is 7.06. The van der Waals surface area contributed by atoms with Gasteiger partial charge in [-0.2, -0.15) is 0 Å². The quantitative estimate of drug-likeness (QED) is 0.650. The number of hydrogen-bond donors (Lipinski definition) is 1. The third-order valence-electron chi connectivity index (χ3n) is 3.55. The van der Waals surface area contributed by atoms with Crippen molar-refractivity contribution in [1.82, 2.24) is 5.32 Å². The molecule has 0 radical (unpaired) electrons. The number of benzene rings is 1. The second-order valence-corrected chi connectivity index (χ2v) is 6.16. The van der Waals surface area contributed by atoms with Crippen molar-refractivity contribution in [3.63, 3.8) is 0 Å². The lowest BCUT2D eigenvalue weighted by Crippen LogP contribution is -2.29. The smallest absolute Gasteiger partial charge is 0.133 e. The Hall–Kier alpha value is -0.540. The topological polar surface area (TPSA) is 21.3 Å². The molecule has 0 aliphatic carbocycles. The second kappa shape index (κ2) is 10.2. The van der Waals surface area contributed by atoms with Crippen LogP contribution in [0.15, 0.2) is 22.7 Å². The van der Waals surface area contributed by atoms with Gasteiger partial charge in [0.1, 0.15) is 5.75 Å². The minimum absolute atomic E-state index is 0.682. The maximum atomic E-state index is 5.26. The molecule has 1 unspecified atom stereocenters. The lowest BCUT2D eigenvalue weighted by atomic mass is 10.0. The van der Waals surface area contributed by atoms with Crippen LogP contribution in [0.1, 0.15) is 51.5 Å². The predicted molar refractivity (Wildman–Crippen MR) is 90.6 cm³/mol. The number of ether oxygens (including phenoxy) is 1. The number of hydrogen-bond acceptors (Lipinski definition) is 2. The highest BCUT2D eigenvalue weighted by Gasteiger charge is 2.07. The summed E-state index contributed by atoms with van der Waals surface area (Å²) in [5.41, 5.74) is 1.38. The van der Waals surface area contributed by atoms with Crippen molar-refractivity contribution < 1.29 is 4.74 Å². The zero-order chi connectivity index (χ0) is 14.8. The van der Waals surface area contributed by atoms with Crippen molar-refractivity contribution in [1.29, 1.82) is 0 Å². The Kier molecular flexibility index (Phi) is 8.95. The van der Waals surface area contributed by atoms with Gasteiger partial charge in [0, 0.05) is 6.04 Å². The molecule has 0 bridgehead atoms. The fourth-order valence-electron chi connectivity index (χ4n) is 2.46. The Morgan fingerprint density at radius 2 is 2.00 bits per heavy atom. The van der Waals surface area contributed by atoms with Crippen LogP contribution in [0.25, 0.3) is 0 Å². The monoisotopic (exact) mass is 341 g/mol. The summed E-state index contributed by atoms with van der Waals surface area (Å²) < 4.78 is 6.31. The van der Waals surface area contributed by atoms with Gasteiger partial charge < -0.3 is 10.1 Å². The summed E-state index contributed by atoms with van der Waals surface area (Å²) in [4.78, 5) is 0. The summed E-state index contributed by atoms with van der Waals surface area (Å²) >= 11 is 3.55. The summed E-state index contributed by atoms with van der Waals surface area (Å²) in [6.45, 7) is 5.63. The average Bonchev–Trinajstić information content (AvgIpc) is 2.45. The van der Waals surface area contributed by atoms with E-state index in [-0.39, 0.29) is 0 Å². The molecule has 0 aromatic heterocycles. The van der Waals surface area contributed by atoms with E-state index in [1.807, 2.05) is 6.07 Å². The van der Waals surface area contributed by atoms with Crippen LogP contribution in [0.5, 0.6) is 5.75 Å². The molecule has 20 heavy (non-hydrogen) atoms. The Morgan fingerprint density at radius 3 is 2.60 bits per heavy atom. The second-order valence-electron chi connectivity index (χ2n) is 5.30. The van der Waals surface area contributed by atoms with E-state index >= 15 is 0 Å². The molecule has 1 rings (SSSR count). The third-order valence-corrected chi connectivity index (χ3v) is 4.17. The van der Waals surface area contributed by atoms with Gasteiger partial charge in [-0.25, -0.2) is 0 Å². The normalized spacial score (nSPS) is 12.4. The van der Waals surface area contributed by atoms with Crippen LogP contribution in [0.3, 0.4) is 0 Å². The van der Waals surface area contributed by atoms with Gasteiger partial charge in [-0.05, 0) is 72.3 Å². The van der Waals surface area contributed by atoms with Gasteiger partial charge in [0.15, 0.2) is 0 Å². The molecule has 0 saturated heterocycles. The van der Waals surface area contributed by atoms with Crippen LogP contribution < -0.4 is 10.1 Å². The average molecular weight is 342 g/mol. The van der Waals surface area contributed by atoms with Gasteiger partial charge in [-0.1, -0.05) is 26.3 Å². The first-order valence-electron chi connectivity index (χ1n) is 7.77. The van der Waals surface area contributed by atoms with Crippen molar-refractivity contribution in [3.8, 4) is 5.75 Å². The zero-order valence-electron chi connectivity index (χ0n) is 13.0. The lowest BCUT2D eigenvalue weighted by molar-refractivity contribution is 0.411. The molecule has 1 aromatic rings. The first kappa shape index (κ1) is 17.5. The maximum absolute atomic E-state index is 5.26. The molecule has 2 nitrogen and oxygen atoms in total. The predicted octanol–water partition coefficient (Wildman–Crippen LogP) is 4.95. The van der Waals surface area contributed by atoms with Crippen molar-refractivity contribution >= 4 is 15.9 Å². The van der Waals surface area contributed by atoms with Crippen molar-refractivity contribution in [2.24, 2.45) is 0 Å². The molecule has 1 aromatic carbocycles. The van der Waals surface area contributed by atoms with Crippen LogP contribution >= 0.6 is 15.9 Å². The molecule has 3 heteroatoms. The van der Waals surface area contributed by atoms with E-state index in [1.165, 1.54) is 37.7 Å². The number of aryl methyl sites for hydroxylation is 1. The largest absolute Gasteiger partial charge is 0.496 e. The molecule has 114 valence electrons. The lowest BCUT2D eigenvalue weighted by Gasteiger charge is -2.17. The van der Waals surface area contributed by atoms with E-state index in [0.29, 0.717) is 6.04 Å². The van der Waals surface area contributed by atoms with E-state index in [0.717, 1.165) is 23.2 Å². The van der Waals surface area contributed by atoms with Crippen molar-refractivity contribution in [2.45, 2.75) is 58.4 Å². The van der Waals surface area contributed by atoms with Crippen molar-refractivity contribution in [2.75, 3.05) is 13.7 Å². The molecule has 1 N–H and O–H groups in total. The molecule has 0 saturated carbocycles. The maximum Gasteiger partial charge on any atom is 0.133 e. The molecule has 0 fully saturated rings. The number of methoxy groups -OCH3 is 1. The van der Waals surface area contributed by atoms with Gasteiger partial charge in [0.2, 0.25) is 0 Å². The van der Waals surface area contributed by atoms with Crippen LogP contribution in [-0.4, -0.2) is 19.7 Å². The Balaban J connectivity index is 2.39. The summed E-state index contributed by atoms with van der Waals surface area (Å²) in [5, 5.41) is 3.66. The van der Waals surface area contributed by atoms with Gasteiger partial charge in [0.05, 0.1) is 11.6 Å². The number of rotatable bonds is 10. The van der Waals surface area contributed by atoms with Crippen molar-refractivity contribution in [3.05, 3.63) is 28.2 Å². The molecule has 0 aliphatic heterocycles. The molecule has 0 spiro atoms. The fraction of sp³-hybridized carbons (Fsp3) is 0.647. The Morgan fingerprint density at radius 1 is 1.20 bits per heavy atom. The first-order chi connectivity index (χ1) is 9.71. The standard InChI is InChI=1S/C17H28BrNO/c1-4-7-15(19-12-5-2)9-6-8-14-10-11-17(20-3)16(18)13-14/h10-11,13,15,19H,4-9,12H2,1-3H3. The van der Waals surface area contributed by atoms with Gasteiger partial charge in [-0.3, -0.25) is 0 Å². The molecular weight excluding hydrogens is 314 g/mol. The van der Waals surface area contributed by atoms with Gasteiger partial charge >= 0.3 is 0 Å². The Labute approximate surface area is 132 Å². The van der Waals surface area contributed by atoms with Gasteiger partial charge in [-0.15, -0.1) is 0 Å². The van der Waals surface area contributed by atoms with Crippen LogP contribution in [0.4, 0.5) is 0 Å². The van der Waals surface area contributed by atoms with Crippen LogP contribution in [-0.2, 0) is 6.42 Å². The summed E-state index contributed by atoms with van der Waals surface area (Å²) in [5.74, 6) is 0.905. The zero-order valence-corrected chi connectivity index (χ0v) is 14.6. The first-order valence-corrected chi connectivity index (χ1v) is 8.56. The summed E-state index contributed by atoms with van der Waals surface area (Å²) in [7, 11) is 1.70. The summed E-state index contributed by atoms with van der Waals surface area (Å²) in [6.07, 6.45) is 7.39.